The third-order valence-electron chi connectivity index (χ3n) is 4.33. The number of nitrogens with zero attached hydrogens (tertiary/aromatic N) is 3. The van der Waals surface area contributed by atoms with E-state index in [1.54, 1.807) is 23.9 Å². The smallest absolute Gasteiger partial charge is 0.246 e. The van der Waals surface area contributed by atoms with Crippen LogP contribution in [0, 0.1) is 0 Å². The predicted molar refractivity (Wildman–Crippen MR) is 95.8 cm³/mol. The summed E-state index contributed by atoms with van der Waals surface area (Å²) in [6.07, 6.45) is 4.31. The molecule has 4 rings (SSSR count). The van der Waals surface area contributed by atoms with Crippen LogP contribution in [0.2, 0.25) is 0 Å². The van der Waals surface area contributed by atoms with Crippen LogP contribution in [0.4, 0.5) is 0 Å². The topological polar surface area (TPSA) is 73.9 Å². The number of thiazole rings is 1. The average molecular weight is 353 g/mol. The first-order valence-corrected chi connectivity index (χ1v) is 9.16. The highest BCUT2D eigenvalue weighted by atomic mass is 32.1. The first-order valence-electron chi connectivity index (χ1n) is 8.28. The lowest BCUT2D eigenvalue weighted by Crippen LogP contribution is -2.43. The highest BCUT2D eigenvalue weighted by molar-refractivity contribution is 7.09. The van der Waals surface area contributed by atoms with Gasteiger partial charge in [0.2, 0.25) is 5.91 Å². The standard InChI is InChI=1S/C18H19N5OS/c24-18(17-16-14(6-7-20-17)21-12-22-16)23(11-15-19-8-9-25-15)10-13-4-2-1-3-5-13/h1-5,8-9,12,17,20H,6-7,10-11H2,(H,21,22)/t17-/m1/s1. The van der Waals surface area contributed by atoms with Gasteiger partial charge in [0.15, 0.2) is 0 Å². The average Bonchev–Trinajstić information content (AvgIpc) is 3.32. The van der Waals surface area contributed by atoms with Crippen molar-refractivity contribution in [1.29, 1.82) is 0 Å². The fraction of sp³-hybridized carbons (Fsp3) is 0.278. The van der Waals surface area contributed by atoms with E-state index >= 15 is 0 Å². The molecule has 0 saturated heterocycles. The molecule has 3 heterocycles. The number of nitrogens with one attached hydrogen (secondary N) is 2. The summed E-state index contributed by atoms with van der Waals surface area (Å²) in [7, 11) is 0. The summed E-state index contributed by atoms with van der Waals surface area (Å²) in [4.78, 5) is 27.0. The van der Waals surface area contributed by atoms with Crippen LogP contribution in [0.3, 0.4) is 0 Å². The van der Waals surface area contributed by atoms with E-state index < -0.39 is 6.04 Å². The summed E-state index contributed by atoms with van der Waals surface area (Å²) >= 11 is 1.57. The predicted octanol–water partition coefficient (Wildman–Crippen LogP) is 2.28. The first kappa shape index (κ1) is 16.0. The molecule has 25 heavy (non-hydrogen) atoms. The van der Waals surface area contributed by atoms with Crippen LogP contribution < -0.4 is 5.32 Å². The van der Waals surface area contributed by atoms with Crippen molar-refractivity contribution in [2.75, 3.05) is 6.54 Å². The number of H-pyrrole nitrogens is 1. The van der Waals surface area contributed by atoms with Crippen LogP contribution in [-0.4, -0.2) is 32.3 Å². The van der Waals surface area contributed by atoms with Crippen LogP contribution in [0.5, 0.6) is 0 Å². The third-order valence-corrected chi connectivity index (χ3v) is 5.10. The molecule has 3 aromatic rings. The SMILES string of the molecule is O=C([C@@H]1NCCc2[nH]cnc21)N(Cc1ccccc1)Cc1nccs1. The van der Waals surface area contributed by atoms with Crippen molar-refractivity contribution >= 4 is 17.2 Å². The van der Waals surface area contributed by atoms with Gasteiger partial charge in [-0.15, -0.1) is 11.3 Å². The Kier molecular flexibility index (Phi) is 4.58. The number of fused-ring (bicyclic) bond motifs is 1. The molecule has 1 aliphatic rings. The van der Waals surface area contributed by atoms with E-state index in [-0.39, 0.29) is 5.91 Å². The van der Waals surface area contributed by atoms with Gasteiger partial charge in [-0.1, -0.05) is 30.3 Å². The molecule has 1 atom stereocenters. The molecule has 1 aliphatic heterocycles. The van der Waals surface area contributed by atoms with Gasteiger partial charge in [-0.2, -0.15) is 0 Å². The van der Waals surface area contributed by atoms with Crippen LogP contribution >= 0.6 is 11.3 Å². The van der Waals surface area contributed by atoms with Crippen molar-refractivity contribution in [3.8, 4) is 0 Å². The second kappa shape index (κ2) is 7.16. The second-order valence-electron chi connectivity index (χ2n) is 6.01. The maximum Gasteiger partial charge on any atom is 0.246 e. The zero-order chi connectivity index (χ0) is 17.1. The minimum absolute atomic E-state index is 0.0344. The lowest BCUT2D eigenvalue weighted by Gasteiger charge is -2.29. The van der Waals surface area contributed by atoms with E-state index in [1.165, 1.54) is 0 Å². The highest BCUT2D eigenvalue weighted by Crippen LogP contribution is 2.23. The molecule has 2 aromatic heterocycles. The monoisotopic (exact) mass is 353 g/mol. The number of aromatic nitrogens is 3. The number of carbonyl (C=O) groups excluding carboxylic acids is 1. The Balaban J connectivity index is 1.60. The number of rotatable bonds is 5. The molecule has 0 bridgehead atoms. The van der Waals surface area contributed by atoms with Gasteiger partial charge in [0, 0.05) is 36.8 Å². The van der Waals surface area contributed by atoms with Gasteiger partial charge < -0.3 is 15.2 Å². The summed E-state index contributed by atoms with van der Waals surface area (Å²) in [5.74, 6) is 0.0344. The maximum absolute atomic E-state index is 13.3. The number of hydrogen-bond acceptors (Lipinski definition) is 5. The summed E-state index contributed by atoms with van der Waals surface area (Å²) in [5, 5.41) is 6.18. The molecule has 0 fully saturated rings. The molecule has 0 unspecified atom stereocenters. The van der Waals surface area contributed by atoms with Crippen molar-refractivity contribution in [2.45, 2.75) is 25.6 Å². The Morgan fingerprint density at radius 3 is 2.92 bits per heavy atom. The number of aromatic amines is 1. The quantitative estimate of drug-likeness (QED) is 0.738. The molecule has 1 amide bonds. The Morgan fingerprint density at radius 2 is 2.12 bits per heavy atom. The number of amides is 1. The zero-order valence-corrected chi connectivity index (χ0v) is 14.5. The van der Waals surface area contributed by atoms with Crippen molar-refractivity contribution in [3.05, 3.63) is 70.2 Å². The molecule has 0 aliphatic carbocycles. The fourth-order valence-electron chi connectivity index (χ4n) is 3.12. The number of hydrogen-bond donors (Lipinski definition) is 2. The molecular weight excluding hydrogens is 334 g/mol. The number of carbonyl (C=O) groups is 1. The van der Waals surface area contributed by atoms with Gasteiger partial charge in [0.25, 0.3) is 0 Å². The van der Waals surface area contributed by atoms with E-state index in [0.29, 0.717) is 13.1 Å². The Bertz CT molecular complexity index is 830. The molecule has 0 spiro atoms. The molecule has 2 N–H and O–H groups in total. The Hall–Kier alpha value is -2.51. The normalized spacial score (nSPS) is 16.4. The lowest BCUT2D eigenvalue weighted by atomic mass is 10.0. The Labute approximate surface area is 149 Å². The zero-order valence-electron chi connectivity index (χ0n) is 13.7. The van der Waals surface area contributed by atoms with Crippen LogP contribution in [0.15, 0.2) is 48.2 Å². The second-order valence-corrected chi connectivity index (χ2v) is 6.99. The maximum atomic E-state index is 13.3. The third kappa shape index (κ3) is 3.47. The van der Waals surface area contributed by atoms with Gasteiger partial charge in [0.05, 0.1) is 18.6 Å². The fourth-order valence-corrected chi connectivity index (χ4v) is 3.75. The molecule has 6 nitrogen and oxygen atoms in total. The minimum atomic E-state index is -0.404. The molecule has 1 aromatic carbocycles. The molecule has 7 heteroatoms. The van der Waals surface area contributed by atoms with E-state index in [9.17, 15) is 4.79 Å². The molecule has 0 radical (unpaired) electrons. The van der Waals surface area contributed by atoms with Crippen molar-refractivity contribution in [2.24, 2.45) is 0 Å². The summed E-state index contributed by atoms with van der Waals surface area (Å²) in [6, 6.07) is 9.64. The van der Waals surface area contributed by atoms with Crippen molar-refractivity contribution in [3.63, 3.8) is 0 Å². The summed E-state index contributed by atoms with van der Waals surface area (Å²) < 4.78 is 0. The van der Waals surface area contributed by atoms with Gasteiger partial charge in [-0.05, 0) is 5.56 Å². The first-order chi connectivity index (χ1) is 12.3. The van der Waals surface area contributed by atoms with Crippen LogP contribution in [0.1, 0.15) is 28.0 Å². The van der Waals surface area contributed by atoms with E-state index in [1.807, 2.05) is 40.6 Å². The van der Waals surface area contributed by atoms with Gasteiger partial charge >= 0.3 is 0 Å². The van der Waals surface area contributed by atoms with Gasteiger partial charge in [0.1, 0.15) is 11.0 Å². The van der Waals surface area contributed by atoms with Gasteiger partial charge in [-0.3, -0.25) is 4.79 Å². The van der Waals surface area contributed by atoms with E-state index in [2.05, 4.69) is 20.3 Å². The largest absolute Gasteiger partial charge is 0.348 e. The van der Waals surface area contributed by atoms with Crippen LogP contribution in [-0.2, 0) is 24.3 Å². The van der Waals surface area contributed by atoms with E-state index in [0.717, 1.165) is 34.9 Å². The summed E-state index contributed by atoms with van der Waals surface area (Å²) in [5.41, 5.74) is 2.96. The molecule has 128 valence electrons. The van der Waals surface area contributed by atoms with Gasteiger partial charge in [-0.25, -0.2) is 9.97 Å². The van der Waals surface area contributed by atoms with E-state index in [4.69, 9.17) is 0 Å². The summed E-state index contributed by atoms with van der Waals surface area (Å²) in [6.45, 7) is 1.82. The number of benzene rings is 1. The lowest BCUT2D eigenvalue weighted by molar-refractivity contribution is -0.135. The van der Waals surface area contributed by atoms with Crippen molar-refractivity contribution < 1.29 is 4.79 Å². The number of imidazole rings is 1. The van der Waals surface area contributed by atoms with Crippen LogP contribution in [0.25, 0.3) is 0 Å². The molecular formula is C18H19N5OS. The van der Waals surface area contributed by atoms with Crippen molar-refractivity contribution in [1.82, 2.24) is 25.2 Å². The molecule has 0 saturated carbocycles. The minimum Gasteiger partial charge on any atom is -0.348 e. The highest BCUT2D eigenvalue weighted by Gasteiger charge is 2.32. The Morgan fingerprint density at radius 1 is 1.24 bits per heavy atom.